The molecule has 0 fully saturated rings. The zero-order chi connectivity index (χ0) is 16.4. The first-order valence-corrected chi connectivity index (χ1v) is 6.94. The largest absolute Gasteiger partial charge is 0.480 e. The summed E-state index contributed by atoms with van der Waals surface area (Å²) < 4.78 is 0. The van der Waals surface area contributed by atoms with Gasteiger partial charge in [0.05, 0.1) is 0 Å². The second-order valence-corrected chi connectivity index (χ2v) is 5.26. The number of aliphatic carboxylic acids is 2. The van der Waals surface area contributed by atoms with Crippen LogP contribution in [-0.4, -0.2) is 52.6 Å². The minimum Gasteiger partial charge on any atom is -0.480 e. The van der Waals surface area contributed by atoms with E-state index in [4.69, 9.17) is 10.2 Å². The van der Waals surface area contributed by atoms with Crippen molar-refractivity contribution in [1.29, 1.82) is 0 Å². The maximum atomic E-state index is 12.2. The summed E-state index contributed by atoms with van der Waals surface area (Å²) in [5.41, 5.74) is 2.63. The third-order valence-electron chi connectivity index (χ3n) is 3.68. The topological polar surface area (TPSA) is 98.2 Å². The van der Waals surface area contributed by atoms with Gasteiger partial charge in [0.25, 0.3) is 5.91 Å². The SMILES string of the molecule is CCN1Cc2cc(C)c(N(CC(=O)O)CC(=O)O)cc2C1=O. The molecule has 7 nitrogen and oxygen atoms in total. The van der Waals surface area contributed by atoms with E-state index in [0.29, 0.717) is 24.3 Å². The Balaban J connectivity index is 2.42. The summed E-state index contributed by atoms with van der Waals surface area (Å²) in [7, 11) is 0. The number of fused-ring (bicyclic) bond motifs is 1. The van der Waals surface area contributed by atoms with Crippen molar-refractivity contribution in [2.45, 2.75) is 20.4 Å². The highest BCUT2D eigenvalue weighted by atomic mass is 16.4. The average molecular weight is 306 g/mol. The van der Waals surface area contributed by atoms with Crippen LogP contribution in [0.15, 0.2) is 12.1 Å². The van der Waals surface area contributed by atoms with Gasteiger partial charge >= 0.3 is 11.9 Å². The van der Waals surface area contributed by atoms with E-state index in [1.807, 2.05) is 13.0 Å². The Hall–Kier alpha value is -2.57. The number of rotatable bonds is 6. The van der Waals surface area contributed by atoms with Crippen molar-refractivity contribution in [1.82, 2.24) is 4.90 Å². The maximum absolute atomic E-state index is 12.2. The number of carbonyl (C=O) groups is 3. The van der Waals surface area contributed by atoms with Gasteiger partial charge in [-0.3, -0.25) is 14.4 Å². The molecule has 0 unspecified atom stereocenters. The number of amides is 1. The normalized spacial score (nSPS) is 13.2. The molecule has 0 aromatic heterocycles. The highest BCUT2D eigenvalue weighted by Gasteiger charge is 2.28. The Kier molecular flexibility index (Phi) is 4.35. The van der Waals surface area contributed by atoms with Crippen LogP contribution < -0.4 is 4.90 Å². The number of carboxylic acid groups (broad SMARTS) is 2. The molecular weight excluding hydrogens is 288 g/mol. The molecule has 0 saturated heterocycles. The quantitative estimate of drug-likeness (QED) is 0.812. The van der Waals surface area contributed by atoms with E-state index in [1.54, 1.807) is 17.9 Å². The first-order valence-electron chi connectivity index (χ1n) is 6.94. The summed E-state index contributed by atoms with van der Waals surface area (Å²) in [4.78, 5) is 37.1. The van der Waals surface area contributed by atoms with Crippen LogP contribution >= 0.6 is 0 Å². The molecule has 1 aromatic carbocycles. The fraction of sp³-hybridized carbons (Fsp3) is 0.400. The minimum absolute atomic E-state index is 0.107. The number of aryl methyl sites for hydroxylation is 1. The average Bonchev–Trinajstić information content (AvgIpc) is 2.72. The number of carbonyl (C=O) groups excluding carboxylic acids is 1. The lowest BCUT2D eigenvalue weighted by Gasteiger charge is -2.23. The number of hydrogen-bond acceptors (Lipinski definition) is 4. The fourth-order valence-electron chi connectivity index (χ4n) is 2.68. The lowest BCUT2D eigenvalue weighted by atomic mass is 10.0. The van der Waals surface area contributed by atoms with Gasteiger partial charge in [-0.05, 0) is 31.0 Å². The van der Waals surface area contributed by atoms with Gasteiger partial charge in [-0.2, -0.15) is 0 Å². The number of hydrogen-bond donors (Lipinski definition) is 2. The van der Waals surface area contributed by atoms with Crippen molar-refractivity contribution in [2.75, 3.05) is 24.5 Å². The van der Waals surface area contributed by atoms with Gasteiger partial charge in [-0.25, -0.2) is 0 Å². The van der Waals surface area contributed by atoms with Crippen LogP contribution in [0.2, 0.25) is 0 Å². The predicted molar refractivity (Wildman–Crippen MR) is 79.1 cm³/mol. The third kappa shape index (κ3) is 3.03. The van der Waals surface area contributed by atoms with E-state index in [-0.39, 0.29) is 5.91 Å². The van der Waals surface area contributed by atoms with Crippen molar-refractivity contribution >= 4 is 23.5 Å². The predicted octanol–water partition coefficient (Wildman–Crippen LogP) is 0.946. The first kappa shape index (κ1) is 15.8. The Labute approximate surface area is 127 Å². The Morgan fingerprint density at radius 3 is 2.32 bits per heavy atom. The Morgan fingerprint density at radius 1 is 1.23 bits per heavy atom. The second kappa shape index (κ2) is 6.05. The molecular formula is C15H18N2O5. The number of nitrogens with zero attached hydrogens (tertiary/aromatic N) is 2. The van der Waals surface area contributed by atoms with Crippen molar-refractivity contribution in [3.8, 4) is 0 Å². The van der Waals surface area contributed by atoms with Crippen LogP contribution in [0.3, 0.4) is 0 Å². The summed E-state index contributed by atoms with van der Waals surface area (Å²) in [5, 5.41) is 17.9. The van der Waals surface area contributed by atoms with Gasteiger partial charge < -0.3 is 20.0 Å². The lowest BCUT2D eigenvalue weighted by Crippen LogP contribution is -2.35. The van der Waals surface area contributed by atoms with Crippen LogP contribution in [-0.2, 0) is 16.1 Å². The van der Waals surface area contributed by atoms with E-state index in [2.05, 4.69) is 0 Å². The molecule has 118 valence electrons. The molecule has 7 heteroatoms. The number of anilines is 1. The first-order chi connectivity index (χ1) is 10.3. The summed E-state index contributed by atoms with van der Waals surface area (Å²) in [6, 6.07) is 3.43. The van der Waals surface area contributed by atoms with E-state index >= 15 is 0 Å². The zero-order valence-electron chi connectivity index (χ0n) is 12.5. The molecule has 0 atom stereocenters. The molecule has 0 saturated carbocycles. The molecule has 1 amide bonds. The van der Waals surface area contributed by atoms with Crippen LogP contribution in [0.1, 0.15) is 28.4 Å². The summed E-state index contributed by atoms with van der Waals surface area (Å²) in [6.07, 6.45) is 0. The summed E-state index contributed by atoms with van der Waals surface area (Å²) in [5.74, 6) is -2.35. The van der Waals surface area contributed by atoms with Crippen molar-refractivity contribution < 1.29 is 24.6 Å². The standard InChI is InChI=1S/C15H18N2O5/c1-3-16-6-10-4-9(2)12(5-11(10)15(16)22)17(7-13(18)19)8-14(20)21/h4-5H,3,6-8H2,1-2H3,(H,18,19)(H,20,21). The third-order valence-corrected chi connectivity index (χ3v) is 3.68. The van der Waals surface area contributed by atoms with Gasteiger partial charge in [0.1, 0.15) is 13.1 Å². The van der Waals surface area contributed by atoms with Crippen LogP contribution in [0.4, 0.5) is 5.69 Å². The molecule has 1 aliphatic rings. The second-order valence-electron chi connectivity index (χ2n) is 5.26. The van der Waals surface area contributed by atoms with Crippen molar-refractivity contribution in [3.63, 3.8) is 0 Å². The number of benzene rings is 1. The molecule has 1 aromatic rings. The molecule has 22 heavy (non-hydrogen) atoms. The molecule has 0 radical (unpaired) electrons. The number of carboxylic acids is 2. The van der Waals surface area contributed by atoms with E-state index < -0.39 is 25.0 Å². The molecule has 0 bridgehead atoms. The minimum atomic E-state index is -1.12. The van der Waals surface area contributed by atoms with E-state index in [9.17, 15) is 14.4 Å². The molecule has 0 spiro atoms. The highest BCUT2D eigenvalue weighted by molar-refractivity contribution is 5.99. The fourth-order valence-corrected chi connectivity index (χ4v) is 2.68. The zero-order valence-corrected chi connectivity index (χ0v) is 12.5. The Bertz CT molecular complexity index is 625. The van der Waals surface area contributed by atoms with Crippen molar-refractivity contribution in [2.24, 2.45) is 0 Å². The molecule has 1 heterocycles. The summed E-state index contributed by atoms with van der Waals surface area (Å²) in [6.45, 7) is 3.93. The van der Waals surface area contributed by atoms with E-state index in [1.165, 1.54) is 4.90 Å². The Morgan fingerprint density at radius 2 is 1.82 bits per heavy atom. The van der Waals surface area contributed by atoms with Gasteiger partial charge in [-0.15, -0.1) is 0 Å². The molecule has 2 N–H and O–H groups in total. The van der Waals surface area contributed by atoms with E-state index in [0.717, 1.165) is 11.1 Å². The van der Waals surface area contributed by atoms with Crippen LogP contribution in [0.5, 0.6) is 0 Å². The van der Waals surface area contributed by atoms with Crippen LogP contribution in [0.25, 0.3) is 0 Å². The molecule has 1 aliphatic heterocycles. The van der Waals surface area contributed by atoms with Gasteiger partial charge in [0.15, 0.2) is 0 Å². The maximum Gasteiger partial charge on any atom is 0.323 e. The lowest BCUT2D eigenvalue weighted by molar-refractivity contribution is -0.136. The monoisotopic (exact) mass is 306 g/mol. The molecule has 2 rings (SSSR count). The van der Waals surface area contributed by atoms with Gasteiger partial charge in [0.2, 0.25) is 0 Å². The molecule has 0 aliphatic carbocycles. The van der Waals surface area contributed by atoms with Crippen molar-refractivity contribution in [3.05, 3.63) is 28.8 Å². The smallest absolute Gasteiger partial charge is 0.323 e. The highest BCUT2D eigenvalue weighted by Crippen LogP contribution is 2.30. The van der Waals surface area contributed by atoms with Gasteiger partial charge in [0, 0.05) is 24.3 Å². The van der Waals surface area contributed by atoms with Gasteiger partial charge in [-0.1, -0.05) is 6.07 Å². The summed E-state index contributed by atoms with van der Waals surface area (Å²) >= 11 is 0. The van der Waals surface area contributed by atoms with Crippen LogP contribution in [0, 0.1) is 6.92 Å².